The number of hydrogen-bond donors (Lipinski definition) is 4. The summed E-state index contributed by atoms with van der Waals surface area (Å²) in [7, 11) is 0. The molecule has 4 N–H and O–H groups in total. The van der Waals surface area contributed by atoms with E-state index >= 15 is 0 Å². The van der Waals surface area contributed by atoms with Crippen molar-refractivity contribution in [1.82, 2.24) is 10.1 Å². The Labute approximate surface area is 99.6 Å². The zero-order valence-corrected chi connectivity index (χ0v) is 9.43. The van der Waals surface area contributed by atoms with Crippen LogP contribution in [0.3, 0.4) is 0 Å². The van der Waals surface area contributed by atoms with Gasteiger partial charge in [0.1, 0.15) is 10.9 Å². The molecule has 0 aliphatic carbocycles. The Morgan fingerprint density at radius 1 is 1.67 bits per heavy atom. The molecule has 0 aliphatic heterocycles. The van der Waals surface area contributed by atoms with Gasteiger partial charge in [0.15, 0.2) is 0 Å². The van der Waals surface area contributed by atoms with Gasteiger partial charge in [0.2, 0.25) is 6.20 Å². The number of rotatable bonds is 2. The van der Waals surface area contributed by atoms with Crippen LogP contribution in [0.5, 0.6) is 0 Å². The average molecular weight is 253 g/mol. The molecule has 2 rings (SSSR count). The summed E-state index contributed by atoms with van der Waals surface area (Å²) in [5.41, 5.74) is -0.607. The van der Waals surface area contributed by atoms with Crippen molar-refractivity contribution < 1.29 is 19.8 Å². The van der Waals surface area contributed by atoms with Crippen molar-refractivity contribution in [3.63, 3.8) is 0 Å². The minimum atomic E-state index is -0.666. The summed E-state index contributed by atoms with van der Waals surface area (Å²) >= 11 is 0. The Bertz CT molecular complexity index is 758. The number of fused-ring (bicyclic) bond motifs is 1. The molecule has 96 valence electrons. The summed E-state index contributed by atoms with van der Waals surface area (Å²) in [5.74, 6) is -0.467. The SMILES string of the molecule is CCOC(O)=c1[nH]c2c(=O)[nH][n+]([O-])cc2c1=CO. The van der Waals surface area contributed by atoms with Gasteiger partial charge in [0, 0.05) is 0 Å². The molecule has 2 aromatic rings. The van der Waals surface area contributed by atoms with Crippen molar-refractivity contribution in [1.29, 1.82) is 0 Å². The van der Waals surface area contributed by atoms with E-state index in [0.717, 1.165) is 6.20 Å². The molecule has 0 radical (unpaired) electrons. The molecule has 8 nitrogen and oxygen atoms in total. The fraction of sp³-hybridized carbons (Fsp3) is 0.200. The molecule has 8 heteroatoms. The number of aromatic amines is 2. The monoisotopic (exact) mass is 253 g/mol. The van der Waals surface area contributed by atoms with E-state index in [2.05, 4.69) is 4.98 Å². The van der Waals surface area contributed by atoms with Crippen LogP contribution in [0.2, 0.25) is 0 Å². The molecule has 0 aromatic carbocycles. The zero-order chi connectivity index (χ0) is 13.3. The number of ether oxygens (including phenoxy) is 1. The first-order chi connectivity index (χ1) is 8.58. The molecule has 0 atom stereocenters. The highest BCUT2D eigenvalue weighted by Gasteiger charge is 2.12. The maximum absolute atomic E-state index is 11.5. The van der Waals surface area contributed by atoms with Crippen molar-refractivity contribution in [2.24, 2.45) is 0 Å². The third-order valence-electron chi connectivity index (χ3n) is 2.39. The van der Waals surface area contributed by atoms with Gasteiger partial charge in [0.25, 0.3) is 0 Å². The van der Waals surface area contributed by atoms with E-state index in [4.69, 9.17) is 9.84 Å². The minimum Gasteiger partial charge on any atom is -0.596 e. The van der Waals surface area contributed by atoms with Crippen LogP contribution >= 0.6 is 0 Å². The maximum Gasteiger partial charge on any atom is 0.323 e. The summed E-state index contributed by atoms with van der Waals surface area (Å²) < 4.78 is 4.88. The zero-order valence-electron chi connectivity index (χ0n) is 9.43. The minimum absolute atomic E-state index is 0.0334. The van der Waals surface area contributed by atoms with Crippen LogP contribution in [-0.4, -0.2) is 26.9 Å². The number of aliphatic hydroxyl groups is 2. The number of nitrogens with one attached hydrogen (secondary N) is 2. The molecular weight excluding hydrogens is 242 g/mol. The Balaban J connectivity index is 3.00. The summed E-state index contributed by atoms with van der Waals surface area (Å²) in [6.07, 6.45) is 1.75. The Morgan fingerprint density at radius 3 is 3.00 bits per heavy atom. The van der Waals surface area contributed by atoms with E-state index in [-0.39, 0.29) is 32.9 Å². The highest BCUT2D eigenvalue weighted by molar-refractivity contribution is 5.78. The maximum atomic E-state index is 11.5. The second kappa shape index (κ2) is 4.32. The highest BCUT2D eigenvalue weighted by Crippen LogP contribution is 1.95. The topological polar surface area (TPSA) is 125 Å². The van der Waals surface area contributed by atoms with Crippen molar-refractivity contribution in [3.05, 3.63) is 32.3 Å². The van der Waals surface area contributed by atoms with E-state index in [1.165, 1.54) is 0 Å². The lowest BCUT2D eigenvalue weighted by Gasteiger charge is -1.97. The first-order valence-electron chi connectivity index (χ1n) is 5.13. The second-order valence-electron chi connectivity index (χ2n) is 3.47. The van der Waals surface area contributed by atoms with Crippen LogP contribution in [0.4, 0.5) is 0 Å². The standard InChI is InChI=1S/C10H11N3O5/c1-2-18-10(16)8-6(4-14)5-3-13(17)12-9(15)7(5)11-8/h3-4,11,14,16H,2H2,1H3,(H,12,15). The van der Waals surface area contributed by atoms with Crippen LogP contribution in [-0.2, 0) is 4.74 Å². The molecule has 0 amide bonds. The van der Waals surface area contributed by atoms with Crippen LogP contribution in [0.1, 0.15) is 6.92 Å². The highest BCUT2D eigenvalue weighted by atomic mass is 16.6. The number of aromatic nitrogens is 3. The van der Waals surface area contributed by atoms with Crippen LogP contribution in [0.15, 0.2) is 11.0 Å². The molecule has 0 aliphatic rings. The van der Waals surface area contributed by atoms with Gasteiger partial charge in [0.05, 0.1) is 23.5 Å². The number of aliphatic hydroxyl groups excluding tert-OH is 2. The lowest BCUT2D eigenvalue weighted by molar-refractivity contribution is -0.669. The molecule has 0 spiro atoms. The first-order valence-corrected chi connectivity index (χ1v) is 5.13. The number of H-pyrrole nitrogens is 2. The van der Waals surface area contributed by atoms with Gasteiger partial charge in [-0.05, 0) is 6.92 Å². The van der Waals surface area contributed by atoms with E-state index in [1.54, 1.807) is 6.92 Å². The molecule has 2 aromatic heterocycles. The van der Waals surface area contributed by atoms with E-state index in [1.807, 2.05) is 5.10 Å². The van der Waals surface area contributed by atoms with Gasteiger partial charge in [-0.1, -0.05) is 4.85 Å². The van der Waals surface area contributed by atoms with Gasteiger partial charge >= 0.3 is 11.5 Å². The predicted molar refractivity (Wildman–Crippen MR) is 61.9 cm³/mol. The third kappa shape index (κ3) is 1.73. The van der Waals surface area contributed by atoms with Crippen molar-refractivity contribution >= 4 is 23.1 Å². The lowest BCUT2D eigenvalue weighted by Crippen LogP contribution is -2.37. The summed E-state index contributed by atoms with van der Waals surface area (Å²) in [5, 5.41) is 32.2. The van der Waals surface area contributed by atoms with Gasteiger partial charge in [-0.3, -0.25) is 4.79 Å². The molecule has 0 fully saturated rings. The normalized spacial score (nSPS) is 13.9. The summed E-state index contributed by atoms with van der Waals surface area (Å²) in [4.78, 5) is 14.3. The molecular formula is C10H11N3O5. The quantitative estimate of drug-likeness (QED) is 0.380. The van der Waals surface area contributed by atoms with Gasteiger partial charge in [-0.15, -0.1) is 5.10 Å². The smallest absolute Gasteiger partial charge is 0.323 e. The van der Waals surface area contributed by atoms with Gasteiger partial charge in [-0.2, -0.15) is 0 Å². The van der Waals surface area contributed by atoms with Crippen molar-refractivity contribution in [3.8, 4) is 0 Å². The van der Waals surface area contributed by atoms with E-state index in [0.29, 0.717) is 6.26 Å². The van der Waals surface area contributed by atoms with Gasteiger partial charge in [-0.25, -0.2) is 0 Å². The summed E-state index contributed by atoms with van der Waals surface area (Å²) in [6.45, 7) is 1.88. The molecule has 0 saturated carbocycles. The second-order valence-corrected chi connectivity index (χ2v) is 3.47. The van der Waals surface area contributed by atoms with Crippen LogP contribution in [0.25, 0.3) is 23.1 Å². The molecule has 18 heavy (non-hydrogen) atoms. The largest absolute Gasteiger partial charge is 0.596 e. The average Bonchev–Trinajstić information content (AvgIpc) is 2.68. The Kier molecular flexibility index (Phi) is 2.84. The molecule has 0 saturated heterocycles. The number of hydrogen-bond acceptors (Lipinski definition) is 5. The summed E-state index contributed by atoms with van der Waals surface area (Å²) in [6, 6.07) is 0. The lowest BCUT2D eigenvalue weighted by atomic mass is 10.3. The molecule has 0 bridgehead atoms. The van der Waals surface area contributed by atoms with Crippen LogP contribution < -0.4 is 21.0 Å². The molecule has 0 unspecified atom stereocenters. The first kappa shape index (κ1) is 11.8. The number of nitrogens with zero attached hydrogens (tertiary/aromatic N) is 1. The predicted octanol–water partition coefficient (Wildman–Crippen LogP) is -1.55. The Hall–Kier alpha value is -2.64. The van der Waals surface area contributed by atoms with Crippen molar-refractivity contribution in [2.75, 3.05) is 6.61 Å². The third-order valence-corrected chi connectivity index (χ3v) is 2.39. The Morgan fingerprint density at radius 2 is 2.39 bits per heavy atom. The van der Waals surface area contributed by atoms with Crippen molar-refractivity contribution in [2.45, 2.75) is 6.92 Å². The van der Waals surface area contributed by atoms with Gasteiger partial charge < -0.3 is 25.1 Å². The molecule has 2 heterocycles. The van der Waals surface area contributed by atoms with E-state index < -0.39 is 11.5 Å². The fourth-order valence-electron chi connectivity index (χ4n) is 1.66. The van der Waals surface area contributed by atoms with Crippen LogP contribution in [0, 0.1) is 5.21 Å². The van der Waals surface area contributed by atoms with E-state index in [9.17, 15) is 15.1 Å². The fourth-order valence-corrected chi connectivity index (χ4v) is 1.66.